The van der Waals surface area contributed by atoms with E-state index in [2.05, 4.69) is 5.32 Å². The molecule has 0 spiro atoms. The Bertz CT molecular complexity index is 427. The molecule has 0 saturated heterocycles. The van der Waals surface area contributed by atoms with Crippen molar-refractivity contribution >= 4 is 11.9 Å². The molecule has 1 aliphatic rings. The molecule has 2 unspecified atom stereocenters. The van der Waals surface area contributed by atoms with Crippen LogP contribution in [0.4, 0.5) is 0 Å². The van der Waals surface area contributed by atoms with Crippen molar-refractivity contribution in [3.05, 3.63) is 24.2 Å². The van der Waals surface area contributed by atoms with Crippen molar-refractivity contribution in [1.29, 1.82) is 0 Å². The SMILES string of the molecule is O=C(O)C1CCCC(C(=O)NCCc2ccco2)C1. The summed E-state index contributed by atoms with van der Waals surface area (Å²) >= 11 is 0. The maximum absolute atomic E-state index is 12.0. The molecular formula is C14H19NO4. The summed E-state index contributed by atoms with van der Waals surface area (Å²) in [6.45, 7) is 0.528. The third-order valence-electron chi connectivity index (χ3n) is 3.64. The van der Waals surface area contributed by atoms with Crippen molar-refractivity contribution in [1.82, 2.24) is 5.32 Å². The molecule has 104 valence electrons. The third-order valence-corrected chi connectivity index (χ3v) is 3.64. The largest absolute Gasteiger partial charge is 0.481 e. The van der Waals surface area contributed by atoms with Crippen LogP contribution in [0.1, 0.15) is 31.4 Å². The lowest BCUT2D eigenvalue weighted by molar-refractivity contribution is -0.144. The van der Waals surface area contributed by atoms with Gasteiger partial charge in [-0.2, -0.15) is 0 Å². The van der Waals surface area contributed by atoms with Crippen LogP contribution >= 0.6 is 0 Å². The second-order valence-corrected chi connectivity index (χ2v) is 5.02. The molecule has 19 heavy (non-hydrogen) atoms. The number of hydrogen-bond acceptors (Lipinski definition) is 3. The van der Waals surface area contributed by atoms with Gasteiger partial charge < -0.3 is 14.8 Å². The molecule has 1 saturated carbocycles. The lowest BCUT2D eigenvalue weighted by Crippen LogP contribution is -2.36. The van der Waals surface area contributed by atoms with Crippen molar-refractivity contribution in [3.8, 4) is 0 Å². The first-order valence-corrected chi connectivity index (χ1v) is 6.69. The van der Waals surface area contributed by atoms with Gasteiger partial charge in [-0.15, -0.1) is 0 Å². The zero-order chi connectivity index (χ0) is 13.7. The van der Waals surface area contributed by atoms with E-state index in [-0.39, 0.29) is 17.7 Å². The summed E-state index contributed by atoms with van der Waals surface area (Å²) in [4.78, 5) is 22.9. The van der Waals surface area contributed by atoms with E-state index in [4.69, 9.17) is 9.52 Å². The molecule has 2 rings (SSSR count). The van der Waals surface area contributed by atoms with Gasteiger partial charge in [0.05, 0.1) is 12.2 Å². The van der Waals surface area contributed by atoms with Crippen LogP contribution in [0.3, 0.4) is 0 Å². The fraction of sp³-hybridized carbons (Fsp3) is 0.571. The second-order valence-electron chi connectivity index (χ2n) is 5.02. The smallest absolute Gasteiger partial charge is 0.306 e. The van der Waals surface area contributed by atoms with Crippen LogP contribution in [0.25, 0.3) is 0 Å². The van der Waals surface area contributed by atoms with Crippen LogP contribution in [0.5, 0.6) is 0 Å². The Kier molecular flexibility index (Phi) is 4.60. The fourth-order valence-corrected chi connectivity index (χ4v) is 2.56. The minimum Gasteiger partial charge on any atom is -0.481 e. The van der Waals surface area contributed by atoms with Crippen LogP contribution in [0, 0.1) is 11.8 Å². The quantitative estimate of drug-likeness (QED) is 0.851. The Morgan fingerprint density at radius 3 is 2.84 bits per heavy atom. The van der Waals surface area contributed by atoms with Crippen molar-refractivity contribution < 1.29 is 19.1 Å². The summed E-state index contributed by atoms with van der Waals surface area (Å²) in [6.07, 6.45) is 5.01. The zero-order valence-electron chi connectivity index (χ0n) is 10.8. The van der Waals surface area contributed by atoms with Gasteiger partial charge in [0.2, 0.25) is 5.91 Å². The van der Waals surface area contributed by atoms with Crippen molar-refractivity contribution in [3.63, 3.8) is 0 Å². The highest BCUT2D eigenvalue weighted by molar-refractivity contribution is 5.80. The van der Waals surface area contributed by atoms with Gasteiger partial charge in [0, 0.05) is 18.9 Å². The number of carbonyl (C=O) groups is 2. The molecule has 5 nitrogen and oxygen atoms in total. The number of furan rings is 1. The first-order valence-electron chi connectivity index (χ1n) is 6.69. The number of carboxylic acids is 1. The third kappa shape index (κ3) is 3.84. The van der Waals surface area contributed by atoms with E-state index in [1.54, 1.807) is 6.26 Å². The molecule has 1 aromatic rings. The number of amides is 1. The number of carbonyl (C=O) groups excluding carboxylic acids is 1. The van der Waals surface area contributed by atoms with Gasteiger partial charge >= 0.3 is 5.97 Å². The molecular weight excluding hydrogens is 246 g/mol. The van der Waals surface area contributed by atoms with E-state index in [1.807, 2.05) is 12.1 Å². The summed E-state index contributed by atoms with van der Waals surface area (Å²) in [7, 11) is 0. The number of hydrogen-bond donors (Lipinski definition) is 2. The molecule has 1 amide bonds. The highest BCUT2D eigenvalue weighted by atomic mass is 16.4. The Morgan fingerprint density at radius 1 is 1.37 bits per heavy atom. The summed E-state index contributed by atoms with van der Waals surface area (Å²) < 4.78 is 5.18. The molecule has 1 fully saturated rings. The molecule has 0 radical (unpaired) electrons. The Hall–Kier alpha value is -1.78. The lowest BCUT2D eigenvalue weighted by Gasteiger charge is -2.25. The van der Waals surface area contributed by atoms with Crippen molar-refractivity contribution in [2.24, 2.45) is 11.8 Å². The van der Waals surface area contributed by atoms with Gasteiger partial charge in [-0.1, -0.05) is 6.42 Å². The fourth-order valence-electron chi connectivity index (χ4n) is 2.56. The molecule has 1 aliphatic carbocycles. The molecule has 1 aromatic heterocycles. The van der Waals surface area contributed by atoms with Crippen LogP contribution < -0.4 is 5.32 Å². The lowest BCUT2D eigenvalue weighted by atomic mass is 9.81. The minimum atomic E-state index is -0.784. The molecule has 5 heteroatoms. The number of nitrogens with one attached hydrogen (secondary N) is 1. The van der Waals surface area contributed by atoms with Gasteiger partial charge in [0.15, 0.2) is 0 Å². The molecule has 0 aliphatic heterocycles. The Labute approximate surface area is 112 Å². The predicted molar refractivity (Wildman–Crippen MR) is 68.5 cm³/mol. The first-order chi connectivity index (χ1) is 9.16. The average molecular weight is 265 g/mol. The molecule has 2 N–H and O–H groups in total. The van der Waals surface area contributed by atoms with Gasteiger partial charge in [-0.25, -0.2) is 0 Å². The number of carboxylic acid groups (broad SMARTS) is 1. The van der Waals surface area contributed by atoms with Crippen LogP contribution in [-0.4, -0.2) is 23.5 Å². The van der Waals surface area contributed by atoms with Crippen molar-refractivity contribution in [2.45, 2.75) is 32.1 Å². The van der Waals surface area contributed by atoms with E-state index >= 15 is 0 Å². The van der Waals surface area contributed by atoms with E-state index < -0.39 is 5.97 Å². The number of aliphatic carboxylic acids is 1. The van der Waals surface area contributed by atoms with E-state index in [0.717, 1.165) is 18.6 Å². The second kappa shape index (κ2) is 6.41. The summed E-state index contributed by atoms with van der Waals surface area (Å²) in [5.41, 5.74) is 0. The number of rotatable bonds is 5. The minimum absolute atomic E-state index is 0.0301. The first kappa shape index (κ1) is 13.6. The standard InChI is InChI=1S/C14H19NO4/c16-13(15-7-6-12-5-2-8-19-12)10-3-1-4-11(9-10)14(17)18/h2,5,8,10-11H,1,3-4,6-7,9H2,(H,15,16)(H,17,18). The molecule has 1 heterocycles. The zero-order valence-corrected chi connectivity index (χ0v) is 10.8. The highest BCUT2D eigenvalue weighted by Crippen LogP contribution is 2.29. The van der Waals surface area contributed by atoms with Crippen molar-refractivity contribution in [2.75, 3.05) is 6.54 Å². The predicted octanol–water partition coefficient (Wildman–Crippen LogP) is 1.83. The summed E-state index contributed by atoms with van der Waals surface area (Å²) in [5, 5.41) is 11.9. The van der Waals surface area contributed by atoms with Crippen LogP contribution in [0.2, 0.25) is 0 Å². The maximum Gasteiger partial charge on any atom is 0.306 e. The van der Waals surface area contributed by atoms with E-state index in [9.17, 15) is 9.59 Å². The summed E-state index contributed by atoms with van der Waals surface area (Å²) in [6, 6.07) is 3.68. The van der Waals surface area contributed by atoms with E-state index in [1.165, 1.54) is 0 Å². The van der Waals surface area contributed by atoms with E-state index in [0.29, 0.717) is 25.8 Å². The van der Waals surface area contributed by atoms with Gasteiger partial charge in [0.25, 0.3) is 0 Å². The molecule has 2 atom stereocenters. The maximum atomic E-state index is 12.0. The molecule has 0 bridgehead atoms. The topological polar surface area (TPSA) is 79.5 Å². The van der Waals surface area contributed by atoms with Gasteiger partial charge in [-0.05, 0) is 31.4 Å². The van der Waals surface area contributed by atoms with Gasteiger partial charge in [-0.3, -0.25) is 9.59 Å². The Morgan fingerprint density at radius 2 is 2.16 bits per heavy atom. The van der Waals surface area contributed by atoms with Crippen LogP contribution in [-0.2, 0) is 16.0 Å². The average Bonchev–Trinajstić information content (AvgIpc) is 2.92. The normalized spacial score (nSPS) is 22.9. The monoisotopic (exact) mass is 265 g/mol. The van der Waals surface area contributed by atoms with Crippen LogP contribution in [0.15, 0.2) is 22.8 Å². The highest BCUT2D eigenvalue weighted by Gasteiger charge is 2.30. The summed E-state index contributed by atoms with van der Waals surface area (Å²) in [5.74, 6) is -0.501. The van der Waals surface area contributed by atoms with Gasteiger partial charge in [0.1, 0.15) is 5.76 Å². The Balaban J connectivity index is 1.74. The molecule has 0 aromatic carbocycles.